The molecule has 4 heteroatoms. The van der Waals surface area contributed by atoms with Gasteiger partial charge in [0.1, 0.15) is 0 Å². The van der Waals surface area contributed by atoms with Crippen LogP contribution in [0.1, 0.15) is 55.3 Å². The zero-order valence-corrected chi connectivity index (χ0v) is 15.3. The number of carbonyl (C=O) groups is 1. The molecule has 0 spiro atoms. The summed E-state index contributed by atoms with van der Waals surface area (Å²) in [4.78, 5) is 15.1. The second kappa shape index (κ2) is 8.17. The summed E-state index contributed by atoms with van der Waals surface area (Å²) in [6, 6.07) is 5.76. The molecule has 0 unspecified atom stereocenters. The predicted octanol–water partition coefficient (Wildman–Crippen LogP) is 5.06. The Bertz CT molecular complexity index is 701. The van der Waals surface area contributed by atoms with Gasteiger partial charge < -0.3 is 9.47 Å². The zero-order chi connectivity index (χ0) is 16.9. The number of nitrogens with zero attached hydrogens (tertiary/aromatic N) is 2. The van der Waals surface area contributed by atoms with Gasteiger partial charge in [0, 0.05) is 41.2 Å². The van der Waals surface area contributed by atoms with Crippen molar-refractivity contribution in [3.05, 3.63) is 35.0 Å². The first kappa shape index (κ1) is 17.5. The van der Waals surface area contributed by atoms with Crippen molar-refractivity contribution in [2.24, 2.45) is 7.05 Å². The van der Waals surface area contributed by atoms with Gasteiger partial charge in [-0.25, -0.2) is 0 Å². The molecular weight excluding hydrogens is 320 g/mol. The van der Waals surface area contributed by atoms with Crippen molar-refractivity contribution < 1.29 is 4.79 Å². The molecule has 1 fully saturated rings. The van der Waals surface area contributed by atoms with E-state index >= 15 is 0 Å². The number of halogens is 1. The van der Waals surface area contributed by atoms with Crippen molar-refractivity contribution in [1.29, 1.82) is 0 Å². The molecule has 0 amide bonds. The van der Waals surface area contributed by atoms with E-state index in [1.807, 2.05) is 36.0 Å². The fourth-order valence-corrected chi connectivity index (χ4v) is 3.87. The first-order chi connectivity index (χ1) is 11.6. The molecule has 2 aromatic rings. The molecule has 3 nitrogen and oxygen atoms in total. The standard InChI is InChI=1S/C20H27ClN2O/c1-22-15-18(17-14-16(21)9-10-19(17)22)20(24)8-4-2-5-11-23-12-6-3-7-13-23/h9-10,14-15H,2-8,11-13H2,1H3. The van der Waals surface area contributed by atoms with E-state index in [9.17, 15) is 4.79 Å². The average molecular weight is 347 g/mol. The van der Waals surface area contributed by atoms with E-state index < -0.39 is 0 Å². The van der Waals surface area contributed by atoms with Crippen LogP contribution < -0.4 is 0 Å². The summed E-state index contributed by atoms with van der Waals surface area (Å²) in [7, 11) is 1.98. The number of piperidine rings is 1. The number of likely N-dealkylation sites (tertiary alicyclic amines) is 1. The number of hydrogen-bond acceptors (Lipinski definition) is 2. The maximum Gasteiger partial charge on any atom is 0.165 e. The Hall–Kier alpha value is -1.32. The molecule has 3 rings (SSSR count). The van der Waals surface area contributed by atoms with Gasteiger partial charge in [0.15, 0.2) is 5.78 Å². The lowest BCUT2D eigenvalue weighted by Gasteiger charge is -2.26. The minimum Gasteiger partial charge on any atom is -0.350 e. The smallest absolute Gasteiger partial charge is 0.165 e. The van der Waals surface area contributed by atoms with E-state index in [1.165, 1.54) is 45.3 Å². The molecule has 1 aliphatic heterocycles. The Labute approximate surface area is 149 Å². The first-order valence-electron chi connectivity index (χ1n) is 9.15. The number of Topliss-reactive ketones (excluding diaryl/α,β-unsaturated/α-hetero) is 1. The number of ketones is 1. The monoisotopic (exact) mass is 346 g/mol. The Morgan fingerprint density at radius 3 is 2.71 bits per heavy atom. The van der Waals surface area contributed by atoms with Crippen molar-refractivity contribution in [2.75, 3.05) is 19.6 Å². The van der Waals surface area contributed by atoms with Crippen LogP contribution in [0.3, 0.4) is 0 Å². The van der Waals surface area contributed by atoms with Crippen LogP contribution in [-0.4, -0.2) is 34.9 Å². The Morgan fingerprint density at radius 1 is 1.12 bits per heavy atom. The summed E-state index contributed by atoms with van der Waals surface area (Å²) in [5, 5.41) is 1.66. The third kappa shape index (κ3) is 4.20. The highest BCUT2D eigenvalue weighted by atomic mass is 35.5. The molecule has 0 saturated carbocycles. The fourth-order valence-electron chi connectivity index (χ4n) is 3.70. The second-order valence-electron chi connectivity index (χ2n) is 6.95. The van der Waals surface area contributed by atoms with E-state index in [4.69, 9.17) is 11.6 Å². The maximum atomic E-state index is 12.6. The van der Waals surface area contributed by atoms with E-state index in [0.717, 1.165) is 29.3 Å². The Morgan fingerprint density at radius 2 is 1.92 bits per heavy atom. The van der Waals surface area contributed by atoms with Gasteiger partial charge in [-0.05, 0) is 63.5 Å². The molecule has 130 valence electrons. The van der Waals surface area contributed by atoms with Gasteiger partial charge in [-0.3, -0.25) is 4.79 Å². The molecular formula is C20H27ClN2O. The molecule has 1 aromatic carbocycles. The van der Waals surface area contributed by atoms with Crippen LogP contribution in [0.4, 0.5) is 0 Å². The quantitative estimate of drug-likeness (QED) is 0.517. The topological polar surface area (TPSA) is 25.2 Å². The SMILES string of the molecule is Cn1cc(C(=O)CCCCCN2CCCCC2)c2cc(Cl)ccc21. The van der Waals surface area contributed by atoms with Crippen molar-refractivity contribution in [3.63, 3.8) is 0 Å². The van der Waals surface area contributed by atoms with Crippen LogP contribution in [0.25, 0.3) is 10.9 Å². The van der Waals surface area contributed by atoms with Gasteiger partial charge in [-0.2, -0.15) is 0 Å². The Kier molecular flexibility index (Phi) is 5.96. The second-order valence-corrected chi connectivity index (χ2v) is 7.39. The molecule has 0 bridgehead atoms. The Balaban J connectivity index is 1.49. The van der Waals surface area contributed by atoms with Crippen LogP contribution >= 0.6 is 11.6 Å². The molecule has 0 N–H and O–H groups in total. The number of unbranched alkanes of at least 4 members (excludes halogenated alkanes) is 2. The number of fused-ring (bicyclic) bond motifs is 1. The molecule has 0 aliphatic carbocycles. The van der Waals surface area contributed by atoms with Crippen LogP contribution in [0.5, 0.6) is 0 Å². The number of benzene rings is 1. The fraction of sp³-hybridized carbons (Fsp3) is 0.550. The van der Waals surface area contributed by atoms with Crippen LogP contribution in [0, 0.1) is 0 Å². The zero-order valence-electron chi connectivity index (χ0n) is 14.6. The van der Waals surface area contributed by atoms with Gasteiger partial charge in [0.2, 0.25) is 0 Å². The number of rotatable bonds is 7. The maximum absolute atomic E-state index is 12.6. The lowest BCUT2D eigenvalue weighted by Crippen LogP contribution is -2.30. The molecule has 1 aliphatic rings. The van der Waals surface area contributed by atoms with Crippen LogP contribution in [-0.2, 0) is 7.05 Å². The van der Waals surface area contributed by atoms with E-state index in [2.05, 4.69) is 4.90 Å². The van der Waals surface area contributed by atoms with E-state index in [-0.39, 0.29) is 5.78 Å². The van der Waals surface area contributed by atoms with E-state index in [1.54, 1.807) is 0 Å². The third-order valence-corrected chi connectivity index (χ3v) is 5.31. The third-order valence-electron chi connectivity index (χ3n) is 5.08. The number of carbonyl (C=O) groups excluding carboxylic acids is 1. The highest BCUT2D eigenvalue weighted by molar-refractivity contribution is 6.31. The molecule has 1 saturated heterocycles. The van der Waals surface area contributed by atoms with Crippen LogP contribution in [0.2, 0.25) is 5.02 Å². The predicted molar refractivity (Wildman–Crippen MR) is 101 cm³/mol. The van der Waals surface area contributed by atoms with Crippen molar-refractivity contribution in [1.82, 2.24) is 9.47 Å². The highest BCUT2D eigenvalue weighted by Crippen LogP contribution is 2.25. The average Bonchev–Trinajstić information content (AvgIpc) is 2.91. The largest absolute Gasteiger partial charge is 0.350 e. The molecule has 24 heavy (non-hydrogen) atoms. The van der Waals surface area contributed by atoms with Crippen molar-refractivity contribution in [3.8, 4) is 0 Å². The number of hydrogen-bond donors (Lipinski definition) is 0. The summed E-state index contributed by atoms with van der Waals surface area (Å²) in [6.07, 6.45) is 9.97. The van der Waals surface area contributed by atoms with Crippen molar-refractivity contribution in [2.45, 2.75) is 44.9 Å². The summed E-state index contributed by atoms with van der Waals surface area (Å²) in [6.45, 7) is 3.71. The van der Waals surface area contributed by atoms with Gasteiger partial charge >= 0.3 is 0 Å². The summed E-state index contributed by atoms with van der Waals surface area (Å²) in [5.74, 6) is 0.237. The van der Waals surface area contributed by atoms with Gasteiger partial charge in [0.25, 0.3) is 0 Å². The minimum absolute atomic E-state index is 0.237. The summed E-state index contributed by atoms with van der Waals surface area (Å²) in [5.41, 5.74) is 1.87. The lowest BCUT2D eigenvalue weighted by molar-refractivity contribution is 0.0980. The first-order valence-corrected chi connectivity index (χ1v) is 9.53. The molecule has 0 atom stereocenters. The van der Waals surface area contributed by atoms with Crippen LogP contribution in [0.15, 0.2) is 24.4 Å². The number of aryl methyl sites for hydroxylation is 1. The normalized spacial score (nSPS) is 15.9. The summed E-state index contributed by atoms with van der Waals surface area (Å²) >= 11 is 6.10. The van der Waals surface area contributed by atoms with Gasteiger partial charge in [-0.15, -0.1) is 0 Å². The van der Waals surface area contributed by atoms with E-state index in [0.29, 0.717) is 11.4 Å². The molecule has 0 radical (unpaired) electrons. The van der Waals surface area contributed by atoms with Gasteiger partial charge in [0.05, 0.1) is 0 Å². The summed E-state index contributed by atoms with van der Waals surface area (Å²) < 4.78 is 2.01. The minimum atomic E-state index is 0.237. The molecule has 2 heterocycles. The van der Waals surface area contributed by atoms with Crippen molar-refractivity contribution >= 4 is 28.3 Å². The number of aromatic nitrogens is 1. The lowest BCUT2D eigenvalue weighted by atomic mass is 10.0. The van der Waals surface area contributed by atoms with Gasteiger partial charge in [-0.1, -0.05) is 24.4 Å². The molecule has 1 aromatic heterocycles. The highest BCUT2D eigenvalue weighted by Gasteiger charge is 2.14.